The lowest BCUT2D eigenvalue weighted by atomic mass is 10.2. The molecule has 2 aromatic rings. The maximum Gasteiger partial charge on any atom is 0.0928 e. The van der Waals surface area contributed by atoms with Gasteiger partial charge in [-0.05, 0) is 38.3 Å². The molecule has 0 aliphatic heterocycles. The number of unbranched alkanes of at least 4 members (excludes halogenated alkanes) is 1. The van der Waals surface area contributed by atoms with Crippen molar-refractivity contribution in [3.63, 3.8) is 0 Å². The molecule has 1 aromatic heterocycles. The van der Waals surface area contributed by atoms with Crippen molar-refractivity contribution in [1.82, 2.24) is 4.98 Å². The molecule has 20 heavy (non-hydrogen) atoms. The fourth-order valence-corrected chi connectivity index (χ4v) is 3.28. The van der Waals surface area contributed by atoms with Gasteiger partial charge in [-0.3, -0.25) is 0 Å². The summed E-state index contributed by atoms with van der Waals surface area (Å²) in [7, 11) is 0. The monoisotopic (exact) mass is 308 g/mol. The van der Waals surface area contributed by atoms with Crippen LogP contribution in [0.3, 0.4) is 0 Å². The van der Waals surface area contributed by atoms with Crippen LogP contribution in [0.1, 0.15) is 30.5 Å². The molecule has 0 aliphatic rings. The molecule has 4 heteroatoms. The third-order valence-corrected chi connectivity index (χ3v) is 4.54. The van der Waals surface area contributed by atoms with E-state index in [1.165, 1.54) is 23.5 Å². The topological polar surface area (TPSA) is 16.1 Å². The molecule has 0 N–H and O–H groups in total. The van der Waals surface area contributed by atoms with Gasteiger partial charge in [0, 0.05) is 24.2 Å². The zero-order valence-corrected chi connectivity index (χ0v) is 13.5. The number of aromatic nitrogens is 1. The van der Waals surface area contributed by atoms with E-state index in [4.69, 9.17) is 11.6 Å². The van der Waals surface area contributed by atoms with Gasteiger partial charge in [-0.1, -0.05) is 18.2 Å². The lowest BCUT2D eigenvalue weighted by molar-refractivity contribution is 0.694. The first kappa shape index (κ1) is 15.3. The predicted octanol–water partition coefficient (Wildman–Crippen LogP) is 4.73. The Morgan fingerprint density at radius 1 is 1.20 bits per heavy atom. The van der Waals surface area contributed by atoms with Crippen LogP contribution < -0.4 is 4.90 Å². The summed E-state index contributed by atoms with van der Waals surface area (Å²) in [5, 5.41) is 3.27. The van der Waals surface area contributed by atoms with E-state index in [0.717, 1.165) is 25.2 Å². The van der Waals surface area contributed by atoms with E-state index in [1.54, 1.807) is 11.3 Å². The molecule has 0 atom stereocenters. The van der Waals surface area contributed by atoms with Crippen molar-refractivity contribution in [1.29, 1.82) is 0 Å². The highest BCUT2D eigenvalue weighted by molar-refractivity contribution is 7.09. The Bertz CT molecular complexity index is 498. The number of aryl methyl sites for hydroxylation is 1. The van der Waals surface area contributed by atoms with Crippen molar-refractivity contribution in [2.75, 3.05) is 18.0 Å². The van der Waals surface area contributed by atoms with Crippen molar-refractivity contribution >= 4 is 28.6 Å². The minimum absolute atomic E-state index is 0.522. The minimum atomic E-state index is 0.522. The fourth-order valence-electron chi connectivity index (χ4n) is 2.21. The number of para-hydroxylation sites is 1. The van der Waals surface area contributed by atoms with Gasteiger partial charge in [-0.15, -0.1) is 22.9 Å². The van der Waals surface area contributed by atoms with E-state index in [-0.39, 0.29) is 0 Å². The highest BCUT2D eigenvalue weighted by Crippen LogP contribution is 2.16. The van der Waals surface area contributed by atoms with Gasteiger partial charge in [0.25, 0.3) is 0 Å². The van der Waals surface area contributed by atoms with Crippen LogP contribution in [0, 0.1) is 0 Å². The summed E-state index contributed by atoms with van der Waals surface area (Å²) in [5.41, 5.74) is 2.32. The van der Waals surface area contributed by atoms with Gasteiger partial charge in [0.05, 0.1) is 16.6 Å². The highest BCUT2D eigenvalue weighted by atomic mass is 35.5. The van der Waals surface area contributed by atoms with Crippen LogP contribution in [0.25, 0.3) is 0 Å². The van der Waals surface area contributed by atoms with Crippen LogP contribution in [0.4, 0.5) is 5.69 Å². The first-order chi connectivity index (χ1) is 9.83. The SMILES string of the molecule is CCN(CCCCc1nc(CCl)cs1)c1ccccc1. The molecule has 1 aromatic carbocycles. The second kappa shape index (κ2) is 8.28. The van der Waals surface area contributed by atoms with Crippen LogP contribution in [0.2, 0.25) is 0 Å². The lowest BCUT2D eigenvalue weighted by Gasteiger charge is -2.22. The summed E-state index contributed by atoms with van der Waals surface area (Å²) in [6.07, 6.45) is 3.44. The molecule has 108 valence electrons. The molecular formula is C16H21ClN2S. The summed E-state index contributed by atoms with van der Waals surface area (Å²) in [4.78, 5) is 6.92. The second-order valence-corrected chi connectivity index (χ2v) is 5.95. The maximum atomic E-state index is 5.77. The summed E-state index contributed by atoms with van der Waals surface area (Å²) >= 11 is 7.49. The number of hydrogen-bond acceptors (Lipinski definition) is 3. The average molecular weight is 309 g/mol. The Morgan fingerprint density at radius 3 is 2.65 bits per heavy atom. The van der Waals surface area contributed by atoms with Gasteiger partial charge in [-0.25, -0.2) is 4.98 Å². The Balaban J connectivity index is 1.74. The van der Waals surface area contributed by atoms with Crippen molar-refractivity contribution in [2.24, 2.45) is 0 Å². The molecule has 0 amide bonds. The lowest BCUT2D eigenvalue weighted by Crippen LogP contribution is -2.23. The molecule has 0 saturated heterocycles. The van der Waals surface area contributed by atoms with Gasteiger partial charge < -0.3 is 4.90 Å². The Labute approximate surface area is 130 Å². The normalized spacial score (nSPS) is 10.7. The zero-order valence-electron chi connectivity index (χ0n) is 11.9. The van der Waals surface area contributed by atoms with Crippen LogP contribution in [-0.4, -0.2) is 18.1 Å². The van der Waals surface area contributed by atoms with Crippen molar-refractivity contribution in [2.45, 2.75) is 32.1 Å². The average Bonchev–Trinajstić information content (AvgIpc) is 2.96. The van der Waals surface area contributed by atoms with E-state index in [2.05, 4.69) is 52.5 Å². The van der Waals surface area contributed by atoms with Crippen LogP contribution in [0.5, 0.6) is 0 Å². The zero-order chi connectivity index (χ0) is 14.2. The second-order valence-electron chi connectivity index (χ2n) is 4.74. The molecular weight excluding hydrogens is 288 g/mol. The van der Waals surface area contributed by atoms with Gasteiger partial charge in [0.15, 0.2) is 0 Å². The van der Waals surface area contributed by atoms with Crippen LogP contribution >= 0.6 is 22.9 Å². The third kappa shape index (κ3) is 4.50. The Morgan fingerprint density at radius 2 is 2.00 bits per heavy atom. The molecule has 0 aliphatic carbocycles. The van der Waals surface area contributed by atoms with Gasteiger partial charge >= 0.3 is 0 Å². The number of halogens is 1. The first-order valence-electron chi connectivity index (χ1n) is 7.12. The number of nitrogens with zero attached hydrogens (tertiary/aromatic N) is 2. The number of hydrogen-bond donors (Lipinski definition) is 0. The quantitative estimate of drug-likeness (QED) is 0.517. The van der Waals surface area contributed by atoms with E-state index >= 15 is 0 Å². The Kier molecular flexibility index (Phi) is 6.34. The largest absolute Gasteiger partial charge is 0.372 e. The summed E-state index contributed by atoms with van der Waals surface area (Å²) in [5.74, 6) is 0.522. The number of thiazole rings is 1. The molecule has 2 rings (SSSR count). The first-order valence-corrected chi connectivity index (χ1v) is 8.54. The summed E-state index contributed by atoms with van der Waals surface area (Å²) < 4.78 is 0. The number of alkyl halides is 1. The number of anilines is 1. The Hall–Kier alpha value is -1.06. The predicted molar refractivity (Wildman–Crippen MR) is 88.9 cm³/mol. The molecule has 1 heterocycles. The summed E-state index contributed by atoms with van der Waals surface area (Å²) in [6, 6.07) is 10.6. The molecule has 2 nitrogen and oxygen atoms in total. The molecule has 0 fully saturated rings. The number of rotatable bonds is 8. The van der Waals surface area contributed by atoms with Gasteiger partial charge in [0.1, 0.15) is 0 Å². The van der Waals surface area contributed by atoms with Crippen LogP contribution in [0.15, 0.2) is 35.7 Å². The maximum absolute atomic E-state index is 5.77. The van der Waals surface area contributed by atoms with Gasteiger partial charge in [-0.2, -0.15) is 0 Å². The van der Waals surface area contributed by atoms with Crippen molar-refractivity contribution < 1.29 is 0 Å². The molecule has 0 bridgehead atoms. The molecule has 0 spiro atoms. The minimum Gasteiger partial charge on any atom is -0.372 e. The number of benzene rings is 1. The molecule has 0 unspecified atom stereocenters. The van der Waals surface area contributed by atoms with Crippen molar-refractivity contribution in [3.05, 3.63) is 46.4 Å². The fraction of sp³-hybridized carbons (Fsp3) is 0.438. The molecule has 0 radical (unpaired) electrons. The molecule has 0 saturated carbocycles. The van der Waals surface area contributed by atoms with E-state index in [0.29, 0.717) is 5.88 Å². The van der Waals surface area contributed by atoms with Crippen molar-refractivity contribution in [3.8, 4) is 0 Å². The van der Waals surface area contributed by atoms with Crippen LogP contribution in [-0.2, 0) is 12.3 Å². The van der Waals surface area contributed by atoms with Gasteiger partial charge in [0.2, 0.25) is 0 Å². The van der Waals surface area contributed by atoms with E-state index in [9.17, 15) is 0 Å². The standard InChI is InChI=1S/C16H21ClN2S/c1-2-19(15-8-4-3-5-9-15)11-7-6-10-16-18-14(12-17)13-20-16/h3-5,8-9,13H,2,6-7,10-12H2,1H3. The van der Waals surface area contributed by atoms with E-state index < -0.39 is 0 Å². The summed E-state index contributed by atoms with van der Waals surface area (Å²) in [6.45, 7) is 4.37. The smallest absolute Gasteiger partial charge is 0.0928 e. The van der Waals surface area contributed by atoms with E-state index in [1.807, 2.05) is 0 Å². The third-order valence-electron chi connectivity index (χ3n) is 3.31. The highest BCUT2D eigenvalue weighted by Gasteiger charge is 2.04.